The highest BCUT2D eigenvalue weighted by atomic mass is 19.1. The zero-order chi connectivity index (χ0) is 15.0. The lowest BCUT2D eigenvalue weighted by Crippen LogP contribution is -2.10. The van der Waals surface area contributed by atoms with E-state index in [9.17, 15) is 4.39 Å². The number of benzene rings is 2. The van der Waals surface area contributed by atoms with Gasteiger partial charge in [0.2, 0.25) is 5.95 Å². The molecule has 0 fully saturated rings. The molecule has 3 aromatic rings. The molecule has 0 aliphatic carbocycles. The van der Waals surface area contributed by atoms with Crippen LogP contribution in [0.25, 0.3) is 11.0 Å². The van der Waals surface area contributed by atoms with E-state index in [1.165, 1.54) is 12.1 Å². The Morgan fingerprint density at radius 2 is 2.05 bits per heavy atom. The molecule has 1 atom stereocenters. The van der Waals surface area contributed by atoms with E-state index >= 15 is 0 Å². The van der Waals surface area contributed by atoms with Crippen molar-refractivity contribution in [3.63, 3.8) is 0 Å². The Balaban J connectivity index is 2.16. The van der Waals surface area contributed by atoms with E-state index in [4.69, 9.17) is 10.5 Å². The first-order valence-electron chi connectivity index (χ1n) is 6.67. The first-order valence-corrected chi connectivity index (χ1v) is 6.67. The van der Waals surface area contributed by atoms with E-state index in [1.54, 1.807) is 13.2 Å². The van der Waals surface area contributed by atoms with Crippen LogP contribution in [0.2, 0.25) is 0 Å². The summed E-state index contributed by atoms with van der Waals surface area (Å²) in [6.07, 6.45) is 0. The third-order valence-electron chi connectivity index (χ3n) is 3.64. The predicted octanol–water partition coefficient (Wildman–Crippen LogP) is 3.38. The van der Waals surface area contributed by atoms with Gasteiger partial charge in [0.25, 0.3) is 0 Å². The van der Waals surface area contributed by atoms with E-state index in [0.29, 0.717) is 5.95 Å². The molecule has 0 spiro atoms. The Hall–Kier alpha value is -2.56. The van der Waals surface area contributed by atoms with Crippen molar-refractivity contribution in [2.45, 2.75) is 13.0 Å². The summed E-state index contributed by atoms with van der Waals surface area (Å²) in [5, 5.41) is 0. The number of nitrogens with zero attached hydrogens (tertiary/aromatic N) is 2. The molecule has 5 heteroatoms. The van der Waals surface area contributed by atoms with Crippen LogP contribution in [0.5, 0.6) is 5.75 Å². The second-order valence-electron chi connectivity index (χ2n) is 4.93. The standard InChI is InChI=1S/C16H16FN3O/c1-10(11-4-3-5-12(17)8-11)20-15-9-13(21-2)6-7-14(15)19-16(20)18/h3-10H,1-2H3,(H2,18,19). The van der Waals surface area contributed by atoms with E-state index in [1.807, 2.05) is 35.8 Å². The van der Waals surface area contributed by atoms with Gasteiger partial charge in [-0.15, -0.1) is 0 Å². The number of rotatable bonds is 3. The molecular weight excluding hydrogens is 269 g/mol. The molecule has 2 aromatic carbocycles. The highest BCUT2D eigenvalue weighted by Gasteiger charge is 2.16. The fourth-order valence-electron chi connectivity index (χ4n) is 2.54. The van der Waals surface area contributed by atoms with Gasteiger partial charge in [0.05, 0.1) is 24.2 Å². The average molecular weight is 285 g/mol. The number of methoxy groups -OCH3 is 1. The smallest absolute Gasteiger partial charge is 0.201 e. The van der Waals surface area contributed by atoms with Crippen molar-refractivity contribution in [1.82, 2.24) is 9.55 Å². The Kier molecular flexibility index (Phi) is 3.25. The number of fused-ring (bicyclic) bond motifs is 1. The number of halogens is 1. The van der Waals surface area contributed by atoms with Gasteiger partial charge in [0.15, 0.2) is 0 Å². The van der Waals surface area contributed by atoms with E-state index in [0.717, 1.165) is 22.3 Å². The average Bonchev–Trinajstić information content (AvgIpc) is 2.81. The fraction of sp³-hybridized carbons (Fsp3) is 0.188. The lowest BCUT2D eigenvalue weighted by molar-refractivity contribution is 0.415. The number of nitrogens with two attached hydrogens (primary N) is 1. The lowest BCUT2D eigenvalue weighted by Gasteiger charge is -2.16. The molecule has 0 saturated carbocycles. The molecule has 21 heavy (non-hydrogen) atoms. The zero-order valence-electron chi connectivity index (χ0n) is 11.9. The van der Waals surface area contributed by atoms with Gasteiger partial charge in [-0.3, -0.25) is 0 Å². The Bertz CT molecular complexity index is 797. The summed E-state index contributed by atoms with van der Waals surface area (Å²) in [5.41, 5.74) is 8.53. The number of hydrogen-bond donors (Lipinski definition) is 1. The van der Waals surface area contributed by atoms with Crippen molar-refractivity contribution in [2.75, 3.05) is 12.8 Å². The molecule has 1 aromatic heterocycles. The van der Waals surface area contributed by atoms with Gasteiger partial charge in [-0.05, 0) is 36.8 Å². The van der Waals surface area contributed by atoms with Gasteiger partial charge in [0, 0.05) is 6.07 Å². The van der Waals surface area contributed by atoms with Crippen LogP contribution in [-0.4, -0.2) is 16.7 Å². The minimum atomic E-state index is -0.264. The van der Waals surface area contributed by atoms with Crippen molar-refractivity contribution in [3.05, 3.63) is 53.8 Å². The first-order chi connectivity index (χ1) is 10.1. The summed E-state index contributed by atoms with van der Waals surface area (Å²) < 4.78 is 20.6. The molecule has 1 unspecified atom stereocenters. The molecular formula is C16H16FN3O. The summed E-state index contributed by atoms with van der Waals surface area (Å²) in [7, 11) is 1.61. The van der Waals surface area contributed by atoms with Crippen LogP contribution in [0.15, 0.2) is 42.5 Å². The Morgan fingerprint density at radius 1 is 1.24 bits per heavy atom. The van der Waals surface area contributed by atoms with Crippen LogP contribution < -0.4 is 10.5 Å². The number of imidazole rings is 1. The molecule has 4 nitrogen and oxygen atoms in total. The molecule has 0 bridgehead atoms. The largest absolute Gasteiger partial charge is 0.497 e. The number of hydrogen-bond acceptors (Lipinski definition) is 3. The molecule has 0 amide bonds. The van der Waals surface area contributed by atoms with Gasteiger partial charge in [-0.1, -0.05) is 12.1 Å². The Labute approximate surface area is 122 Å². The molecule has 108 valence electrons. The van der Waals surface area contributed by atoms with Crippen molar-refractivity contribution >= 4 is 17.0 Å². The topological polar surface area (TPSA) is 53.1 Å². The lowest BCUT2D eigenvalue weighted by atomic mass is 10.1. The minimum absolute atomic E-state index is 0.127. The first kappa shape index (κ1) is 13.4. The number of aromatic nitrogens is 2. The Morgan fingerprint density at radius 3 is 2.76 bits per heavy atom. The van der Waals surface area contributed by atoms with Crippen molar-refractivity contribution in [3.8, 4) is 5.75 Å². The molecule has 0 saturated heterocycles. The maximum Gasteiger partial charge on any atom is 0.201 e. The molecule has 0 aliphatic rings. The molecule has 0 radical (unpaired) electrons. The van der Waals surface area contributed by atoms with Crippen LogP contribution in [-0.2, 0) is 0 Å². The second kappa shape index (κ2) is 5.09. The van der Waals surface area contributed by atoms with Gasteiger partial charge in [-0.2, -0.15) is 0 Å². The third kappa shape index (κ3) is 2.31. The van der Waals surface area contributed by atoms with E-state index < -0.39 is 0 Å². The van der Waals surface area contributed by atoms with Crippen LogP contribution in [0.1, 0.15) is 18.5 Å². The summed E-state index contributed by atoms with van der Waals surface area (Å²) in [6.45, 7) is 1.96. The normalized spacial score (nSPS) is 12.5. The zero-order valence-corrected chi connectivity index (χ0v) is 11.9. The number of ether oxygens (including phenoxy) is 1. The van der Waals surface area contributed by atoms with Crippen molar-refractivity contribution in [1.29, 1.82) is 0 Å². The monoisotopic (exact) mass is 285 g/mol. The highest BCUT2D eigenvalue weighted by Crippen LogP contribution is 2.29. The predicted molar refractivity (Wildman–Crippen MR) is 80.9 cm³/mol. The minimum Gasteiger partial charge on any atom is -0.497 e. The third-order valence-corrected chi connectivity index (χ3v) is 3.64. The quantitative estimate of drug-likeness (QED) is 0.802. The molecule has 1 heterocycles. The summed E-state index contributed by atoms with van der Waals surface area (Å²) in [5.74, 6) is 0.866. The second-order valence-corrected chi connectivity index (χ2v) is 4.93. The maximum atomic E-state index is 13.4. The highest BCUT2D eigenvalue weighted by molar-refractivity contribution is 5.80. The molecule has 2 N–H and O–H groups in total. The van der Waals surface area contributed by atoms with E-state index in [-0.39, 0.29) is 11.9 Å². The van der Waals surface area contributed by atoms with E-state index in [2.05, 4.69) is 4.98 Å². The van der Waals surface area contributed by atoms with Crippen LogP contribution in [0.3, 0.4) is 0 Å². The van der Waals surface area contributed by atoms with Crippen molar-refractivity contribution < 1.29 is 9.13 Å². The number of anilines is 1. The van der Waals surface area contributed by atoms with Crippen LogP contribution in [0.4, 0.5) is 10.3 Å². The molecule has 3 rings (SSSR count). The SMILES string of the molecule is COc1ccc2nc(N)n(C(C)c3cccc(F)c3)c2c1. The van der Waals surface area contributed by atoms with Gasteiger partial charge >= 0.3 is 0 Å². The van der Waals surface area contributed by atoms with Gasteiger partial charge in [-0.25, -0.2) is 9.37 Å². The summed E-state index contributed by atoms with van der Waals surface area (Å²) in [4.78, 5) is 4.35. The van der Waals surface area contributed by atoms with Gasteiger partial charge in [0.1, 0.15) is 11.6 Å². The van der Waals surface area contributed by atoms with Crippen LogP contribution in [0, 0.1) is 5.82 Å². The molecule has 0 aliphatic heterocycles. The number of nitrogen functional groups attached to an aromatic ring is 1. The van der Waals surface area contributed by atoms with Crippen molar-refractivity contribution in [2.24, 2.45) is 0 Å². The fourth-order valence-corrected chi connectivity index (χ4v) is 2.54. The van der Waals surface area contributed by atoms with Crippen LogP contribution >= 0.6 is 0 Å². The summed E-state index contributed by atoms with van der Waals surface area (Å²) >= 11 is 0. The summed E-state index contributed by atoms with van der Waals surface area (Å²) in [6, 6.07) is 12.0. The van der Waals surface area contributed by atoms with Gasteiger partial charge < -0.3 is 15.0 Å². The maximum absolute atomic E-state index is 13.4.